The molecule has 0 unspecified atom stereocenters. The highest BCUT2D eigenvalue weighted by atomic mass is 32.2. The molecular weight excluding hydrogens is 430 g/mol. The van der Waals surface area contributed by atoms with E-state index in [0.29, 0.717) is 10.9 Å². The topological polar surface area (TPSA) is 64.7 Å². The van der Waals surface area contributed by atoms with Crippen molar-refractivity contribution in [2.45, 2.75) is 50.4 Å². The lowest BCUT2D eigenvalue weighted by Gasteiger charge is -2.19. The van der Waals surface area contributed by atoms with Crippen LogP contribution in [0.5, 0.6) is 0 Å². The summed E-state index contributed by atoms with van der Waals surface area (Å²) >= 11 is 1.49. The molecule has 0 aliphatic rings. The first-order valence-corrected chi connectivity index (χ1v) is 12.1. The van der Waals surface area contributed by atoms with Gasteiger partial charge in [0.1, 0.15) is 0 Å². The van der Waals surface area contributed by atoms with E-state index in [9.17, 15) is 4.79 Å². The summed E-state index contributed by atoms with van der Waals surface area (Å²) in [4.78, 5) is 13.4. The first-order chi connectivity index (χ1) is 15.8. The van der Waals surface area contributed by atoms with E-state index in [-0.39, 0.29) is 16.8 Å². The smallest absolute Gasteiger partial charge is 0.316 e. The zero-order valence-corrected chi connectivity index (χ0v) is 20.3. The van der Waals surface area contributed by atoms with E-state index < -0.39 is 0 Å². The zero-order valence-electron chi connectivity index (χ0n) is 19.4. The van der Waals surface area contributed by atoms with E-state index in [1.165, 1.54) is 28.5 Å². The van der Waals surface area contributed by atoms with Gasteiger partial charge in [-0.15, -0.1) is 10.2 Å². The summed E-state index contributed by atoms with van der Waals surface area (Å²) in [5.74, 6) is 0.876. The van der Waals surface area contributed by atoms with Crippen LogP contribution in [0.25, 0.3) is 0 Å². The van der Waals surface area contributed by atoms with Gasteiger partial charge in [-0.3, -0.25) is 9.47 Å². The van der Waals surface area contributed by atoms with E-state index in [4.69, 9.17) is 0 Å². The maximum absolute atomic E-state index is 13.4. The molecular formula is C26H29N5OS. The number of nitrogens with one attached hydrogen (secondary N) is 1. The van der Waals surface area contributed by atoms with Crippen molar-refractivity contribution in [3.8, 4) is 0 Å². The molecule has 0 saturated heterocycles. The molecule has 0 atom stereocenters. The minimum absolute atomic E-state index is 0.117. The Bertz CT molecular complexity index is 1270. The summed E-state index contributed by atoms with van der Waals surface area (Å²) in [6.45, 7) is 8.71. The molecule has 0 aliphatic heterocycles. The number of hydrogen-bond donors (Lipinski definition) is 1. The van der Waals surface area contributed by atoms with Gasteiger partial charge in [-0.2, -0.15) is 4.68 Å². The Labute approximate surface area is 198 Å². The predicted octanol–water partition coefficient (Wildman–Crippen LogP) is 5.65. The van der Waals surface area contributed by atoms with Crippen molar-refractivity contribution >= 4 is 23.3 Å². The van der Waals surface area contributed by atoms with Gasteiger partial charge in [0.2, 0.25) is 11.0 Å². The second-order valence-corrected chi connectivity index (χ2v) is 9.87. The lowest BCUT2D eigenvalue weighted by atomic mass is 9.87. The molecule has 0 bridgehead atoms. The van der Waals surface area contributed by atoms with Crippen molar-refractivity contribution in [1.82, 2.24) is 19.5 Å². The number of aromatic nitrogens is 4. The fraction of sp³-hybridized carbons (Fsp3) is 0.269. The molecule has 1 N–H and O–H groups in total. The molecule has 7 heteroatoms. The molecule has 0 aliphatic carbocycles. The molecule has 4 aromatic rings. The van der Waals surface area contributed by atoms with E-state index in [0.717, 1.165) is 12.1 Å². The van der Waals surface area contributed by atoms with Crippen LogP contribution in [0.3, 0.4) is 0 Å². The molecule has 2 aromatic carbocycles. The summed E-state index contributed by atoms with van der Waals surface area (Å²) in [6.07, 6.45) is 4.57. The Morgan fingerprint density at radius 3 is 2.33 bits per heavy atom. The van der Waals surface area contributed by atoms with Crippen LogP contribution in [0.15, 0.2) is 83.0 Å². The molecule has 0 saturated carbocycles. The van der Waals surface area contributed by atoms with E-state index in [1.54, 1.807) is 9.35 Å². The third-order valence-corrected chi connectivity index (χ3v) is 6.41. The fourth-order valence-electron chi connectivity index (χ4n) is 3.45. The molecule has 4 rings (SSSR count). The molecule has 6 nitrogen and oxygen atoms in total. The third kappa shape index (κ3) is 5.37. The predicted molar refractivity (Wildman–Crippen MR) is 135 cm³/mol. The molecule has 33 heavy (non-hydrogen) atoms. The van der Waals surface area contributed by atoms with Gasteiger partial charge in [-0.25, -0.2) is 0 Å². The Balaban J connectivity index is 1.61. The van der Waals surface area contributed by atoms with Crippen LogP contribution in [0.4, 0.5) is 11.5 Å². The summed E-state index contributed by atoms with van der Waals surface area (Å²) < 4.78 is 3.28. The van der Waals surface area contributed by atoms with Crippen molar-refractivity contribution in [3.05, 3.63) is 100 Å². The van der Waals surface area contributed by atoms with Crippen molar-refractivity contribution in [2.24, 2.45) is 0 Å². The van der Waals surface area contributed by atoms with Gasteiger partial charge in [0.05, 0.1) is 0 Å². The van der Waals surface area contributed by atoms with Crippen LogP contribution in [-0.4, -0.2) is 19.5 Å². The molecule has 0 spiro atoms. The van der Waals surface area contributed by atoms with Crippen LogP contribution >= 0.6 is 11.8 Å². The van der Waals surface area contributed by atoms with Gasteiger partial charge in [0.25, 0.3) is 0 Å². The number of aryl methyl sites for hydroxylation is 1. The van der Waals surface area contributed by atoms with Gasteiger partial charge in [0.15, 0.2) is 0 Å². The zero-order chi connectivity index (χ0) is 23.4. The number of thioether (sulfide) groups is 1. The number of anilines is 2. The van der Waals surface area contributed by atoms with Crippen molar-refractivity contribution in [3.63, 3.8) is 0 Å². The van der Waals surface area contributed by atoms with Crippen LogP contribution in [0.1, 0.15) is 44.4 Å². The van der Waals surface area contributed by atoms with Gasteiger partial charge in [-0.1, -0.05) is 75.9 Å². The van der Waals surface area contributed by atoms with E-state index >= 15 is 0 Å². The summed E-state index contributed by atoms with van der Waals surface area (Å²) in [5, 5.41) is 12.3. The molecule has 170 valence electrons. The Hall–Kier alpha value is -3.32. The number of nitrogens with zero attached hydrogens (tertiary/aromatic N) is 4. The minimum Gasteiger partial charge on any atom is -0.334 e. The number of benzene rings is 2. The quantitative estimate of drug-likeness (QED) is 0.362. The van der Waals surface area contributed by atoms with Crippen LogP contribution in [0.2, 0.25) is 0 Å². The average molecular weight is 460 g/mol. The number of rotatable bonds is 7. The lowest BCUT2D eigenvalue weighted by Crippen LogP contribution is -2.30. The summed E-state index contributed by atoms with van der Waals surface area (Å²) in [5.41, 5.74) is 4.32. The van der Waals surface area contributed by atoms with E-state index in [2.05, 4.69) is 73.5 Å². The molecule has 2 heterocycles. The van der Waals surface area contributed by atoms with Gasteiger partial charge >= 0.3 is 5.56 Å². The second-order valence-electron chi connectivity index (χ2n) is 8.93. The highest BCUT2D eigenvalue weighted by Crippen LogP contribution is 2.25. The first-order valence-electron chi connectivity index (χ1n) is 11.1. The highest BCUT2D eigenvalue weighted by Gasteiger charge is 2.16. The Morgan fingerprint density at radius 1 is 0.939 bits per heavy atom. The third-order valence-electron chi connectivity index (χ3n) is 5.42. The van der Waals surface area contributed by atoms with Crippen molar-refractivity contribution in [1.29, 1.82) is 0 Å². The molecule has 0 amide bonds. The lowest BCUT2D eigenvalue weighted by molar-refractivity contribution is 0.533. The molecule has 0 fully saturated rings. The Morgan fingerprint density at radius 2 is 1.67 bits per heavy atom. The van der Waals surface area contributed by atoms with Gasteiger partial charge in [0, 0.05) is 23.8 Å². The Kier molecular flexibility index (Phi) is 6.70. The monoisotopic (exact) mass is 459 g/mol. The van der Waals surface area contributed by atoms with Gasteiger partial charge < -0.3 is 5.32 Å². The van der Waals surface area contributed by atoms with Crippen LogP contribution < -0.4 is 10.9 Å². The summed E-state index contributed by atoms with van der Waals surface area (Å²) in [6, 6.07) is 20.3. The number of hydrogen-bond acceptors (Lipinski definition) is 5. The van der Waals surface area contributed by atoms with Crippen molar-refractivity contribution in [2.75, 3.05) is 5.32 Å². The molecule has 2 aromatic heterocycles. The van der Waals surface area contributed by atoms with Crippen molar-refractivity contribution < 1.29 is 0 Å². The fourth-order valence-corrected chi connectivity index (χ4v) is 4.34. The average Bonchev–Trinajstić information content (AvgIpc) is 3.33. The van der Waals surface area contributed by atoms with Crippen LogP contribution in [-0.2, 0) is 17.6 Å². The second kappa shape index (κ2) is 9.67. The highest BCUT2D eigenvalue weighted by molar-refractivity contribution is 7.98. The standard InChI is InChI=1S/C26H29N5OS/c1-5-19-9-8-10-22(17-19)27-23-24(32)31(30-15-6-7-16-30)25(29-28-23)33-18-20-11-13-21(14-12-20)26(2,3)4/h6-17H,5,18H2,1-4H3,(H,27,28). The van der Waals surface area contributed by atoms with Gasteiger partial charge in [-0.05, 0) is 52.8 Å². The maximum Gasteiger partial charge on any atom is 0.316 e. The normalized spacial score (nSPS) is 11.5. The largest absolute Gasteiger partial charge is 0.334 e. The maximum atomic E-state index is 13.4. The van der Waals surface area contributed by atoms with E-state index in [1.807, 2.05) is 42.7 Å². The first kappa shape index (κ1) is 22.9. The van der Waals surface area contributed by atoms with Crippen LogP contribution in [0, 0.1) is 0 Å². The molecule has 0 radical (unpaired) electrons. The summed E-state index contributed by atoms with van der Waals surface area (Å²) in [7, 11) is 0. The minimum atomic E-state index is -0.256. The SMILES string of the molecule is CCc1cccc(Nc2nnc(SCc3ccc(C(C)(C)C)cc3)n(-n3cccc3)c2=O)c1.